The van der Waals surface area contributed by atoms with E-state index in [1.54, 1.807) is 6.07 Å². The third-order valence-corrected chi connectivity index (χ3v) is 4.01. The average molecular weight is 338 g/mol. The molecule has 2 rings (SSSR count). The zero-order valence-corrected chi connectivity index (χ0v) is 13.7. The second-order valence-corrected chi connectivity index (χ2v) is 6.05. The van der Waals surface area contributed by atoms with Crippen molar-refractivity contribution in [2.45, 2.75) is 32.5 Å². The smallest absolute Gasteiger partial charge is 0.406 e. The topological polar surface area (TPSA) is 29.5 Å². The van der Waals surface area contributed by atoms with E-state index in [1.807, 2.05) is 44.2 Å². The number of halogens is 3. The van der Waals surface area contributed by atoms with Crippen molar-refractivity contribution in [2.75, 3.05) is 6.61 Å². The van der Waals surface area contributed by atoms with Crippen molar-refractivity contribution in [3.63, 3.8) is 0 Å². The fourth-order valence-corrected chi connectivity index (χ4v) is 2.80. The maximum atomic E-state index is 12.5. The van der Waals surface area contributed by atoms with Crippen LogP contribution < -0.4 is 4.74 Å². The predicted molar refractivity (Wildman–Crippen MR) is 87.0 cm³/mol. The number of rotatable bonds is 6. The van der Waals surface area contributed by atoms with Gasteiger partial charge < -0.3 is 9.84 Å². The largest absolute Gasteiger partial charge is 0.573 e. The number of aryl methyl sites for hydroxylation is 1. The Labute approximate surface area is 139 Å². The maximum absolute atomic E-state index is 12.5. The summed E-state index contributed by atoms with van der Waals surface area (Å²) >= 11 is 0. The van der Waals surface area contributed by atoms with Gasteiger partial charge in [-0.3, -0.25) is 0 Å². The first kappa shape index (κ1) is 18.3. The second kappa shape index (κ2) is 7.71. The molecule has 0 fully saturated rings. The van der Waals surface area contributed by atoms with Crippen LogP contribution in [0.2, 0.25) is 0 Å². The molecule has 2 nitrogen and oxygen atoms in total. The molecular weight excluding hydrogens is 317 g/mol. The molecule has 0 amide bonds. The zero-order valence-electron chi connectivity index (χ0n) is 13.7. The van der Waals surface area contributed by atoms with Crippen LogP contribution in [0.15, 0.2) is 48.5 Å². The summed E-state index contributed by atoms with van der Waals surface area (Å²) in [5, 5.41) is 9.38. The molecule has 0 aliphatic heterocycles. The molecular formula is C19H21F3O2. The fraction of sp³-hybridized carbons (Fsp3) is 0.368. The van der Waals surface area contributed by atoms with Gasteiger partial charge in [0.05, 0.1) is 0 Å². The Morgan fingerprint density at radius 3 is 2.33 bits per heavy atom. The summed E-state index contributed by atoms with van der Waals surface area (Å²) in [6.45, 7) is 3.81. The summed E-state index contributed by atoms with van der Waals surface area (Å²) < 4.78 is 41.6. The highest BCUT2D eigenvalue weighted by Crippen LogP contribution is 2.36. The lowest BCUT2D eigenvalue weighted by Gasteiger charge is -2.23. The summed E-state index contributed by atoms with van der Waals surface area (Å²) in [5.74, 6) is -0.299. The van der Waals surface area contributed by atoms with Crippen molar-refractivity contribution in [3.8, 4) is 5.75 Å². The highest BCUT2D eigenvalue weighted by molar-refractivity contribution is 5.42. The Hall–Kier alpha value is -2.01. The van der Waals surface area contributed by atoms with Gasteiger partial charge in [-0.1, -0.05) is 43.3 Å². The lowest BCUT2D eigenvalue weighted by molar-refractivity contribution is -0.274. The van der Waals surface area contributed by atoms with E-state index in [4.69, 9.17) is 0 Å². The first-order valence-corrected chi connectivity index (χ1v) is 7.82. The monoisotopic (exact) mass is 338 g/mol. The molecule has 0 aliphatic carbocycles. The molecule has 2 unspecified atom stereocenters. The van der Waals surface area contributed by atoms with Crippen molar-refractivity contribution in [2.24, 2.45) is 5.92 Å². The number of alkyl halides is 3. The standard InChI is InChI=1S/C19H21F3O2/c1-13(12-23)10-18(15-6-4-3-5-7-15)17-11-16(9-8-14(17)2)24-19(20,21)22/h3-9,11,13,18,23H,10,12H2,1-2H3. The number of aliphatic hydroxyl groups is 1. The molecule has 0 radical (unpaired) electrons. The molecule has 1 N–H and O–H groups in total. The van der Waals surface area contributed by atoms with E-state index in [1.165, 1.54) is 12.1 Å². The van der Waals surface area contributed by atoms with Gasteiger partial charge in [0, 0.05) is 12.5 Å². The Morgan fingerprint density at radius 1 is 1.08 bits per heavy atom. The van der Waals surface area contributed by atoms with E-state index in [0.717, 1.165) is 16.7 Å². The van der Waals surface area contributed by atoms with E-state index in [0.29, 0.717) is 6.42 Å². The number of aliphatic hydroxyl groups excluding tert-OH is 1. The molecule has 0 saturated carbocycles. The van der Waals surface area contributed by atoms with Crippen molar-refractivity contribution >= 4 is 0 Å². The molecule has 2 aromatic carbocycles. The minimum Gasteiger partial charge on any atom is -0.406 e. The van der Waals surface area contributed by atoms with Gasteiger partial charge >= 0.3 is 6.36 Å². The Kier molecular flexibility index (Phi) is 5.89. The molecule has 2 atom stereocenters. The summed E-state index contributed by atoms with van der Waals surface area (Å²) in [4.78, 5) is 0. The Balaban J connectivity index is 2.43. The molecule has 0 spiro atoms. The molecule has 5 heteroatoms. The molecule has 2 aromatic rings. The van der Waals surface area contributed by atoms with Crippen molar-refractivity contribution < 1.29 is 23.0 Å². The van der Waals surface area contributed by atoms with E-state index in [9.17, 15) is 18.3 Å². The third-order valence-electron chi connectivity index (χ3n) is 4.01. The van der Waals surface area contributed by atoms with Crippen LogP contribution in [-0.2, 0) is 0 Å². The summed E-state index contributed by atoms with van der Waals surface area (Å²) in [5.41, 5.74) is 2.68. The minimum atomic E-state index is -4.72. The van der Waals surface area contributed by atoms with Gasteiger partial charge in [-0.05, 0) is 48.1 Å². The van der Waals surface area contributed by atoms with E-state index >= 15 is 0 Å². The molecule has 0 aromatic heterocycles. The SMILES string of the molecule is Cc1ccc(OC(F)(F)F)cc1C(CC(C)CO)c1ccccc1. The van der Waals surface area contributed by atoms with Crippen LogP contribution in [0.4, 0.5) is 13.2 Å². The van der Waals surface area contributed by atoms with Gasteiger partial charge in [-0.2, -0.15) is 0 Å². The Morgan fingerprint density at radius 2 is 1.75 bits per heavy atom. The summed E-state index contributed by atoms with van der Waals surface area (Å²) in [7, 11) is 0. The van der Waals surface area contributed by atoms with Crippen LogP contribution in [-0.4, -0.2) is 18.1 Å². The van der Waals surface area contributed by atoms with Crippen LogP contribution in [0.25, 0.3) is 0 Å². The first-order chi connectivity index (χ1) is 11.3. The molecule has 0 bridgehead atoms. The lowest BCUT2D eigenvalue weighted by Crippen LogP contribution is -2.18. The average Bonchev–Trinajstić information content (AvgIpc) is 2.54. The first-order valence-electron chi connectivity index (χ1n) is 7.82. The van der Waals surface area contributed by atoms with Crippen LogP contribution in [0.1, 0.15) is 36.0 Å². The highest BCUT2D eigenvalue weighted by Gasteiger charge is 2.31. The molecule has 0 heterocycles. The molecule has 0 saturated heterocycles. The Bertz CT molecular complexity index is 653. The van der Waals surface area contributed by atoms with Gasteiger partial charge in [0.25, 0.3) is 0 Å². The number of benzene rings is 2. The molecule has 24 heavy (non-hydrogen) atoms. The van der Waals surface area contributed by atoms with Crippen LogP contribution >= 0.6 is 0 Å². The van der Waals surface area contributed by atoms with Crippen LogP contribution in [0.3, 0.4) is 0 Å². The predicted octanol–water partition coefficient (Wildman–Crippen LogP) is 5.04. The van der Waals surface area contributed by atoms with Gasteiger partial charge in [-0.25, -0.2) is 0 Å². The summed E-state index contributed by atoms with van der Waals surface area (Å²) in [6.07, 6.45) is -4.08. The number of hydrogen-bond acceptors (Lipinski definition) is 2. The molecule has 0 aliphatic rings. The van der Waals surface area contributed by atoms with Gasteiger partial charge in [0.15, 0.2) is 0 Å². The van der Waals surface area contributed by atoms with Crippen molar-refractivity contribution in [1.82, 2.24) is 0 Å². The normalized spacial score (nSPS) is 14.2. The maximum Gasteiger partial charge on any atom is 0.573 e. The third kappa shape index (κ3) is 4.99. The quantitative estimate of drug-likeness (QED) is 0.799. The number of hydrogen-bond donors (Lipinski definition) is 1. The molecule has 130 valence electrons. The van der Waals surface area contributed by atoms with Crippen LogP contribution in [0.5, 0.6) is 5.75 Å². The van der Waals surface area contributed by atoms with Gasteiger partial charge in [-0.15, -0.1) is 13.2 Å². The number of ether oxygens (including phenoxy) is 1. The van der Waals surface area contributed by atoms with E-state index in [2.05, 4.69) is 4.74 Å². The second-order valence-electron chi connectivity index (χ2n) is 6.05. The van der Waals surface area contributed by atoms with Crippen molar-refractivity contribution in [1.29, 1.82) is 0 Å². The van der Waals surface area contributed by atoms with E-state index in [-0.39, 0.29) is 24.2 Å². The summed E-state index contributed by atoms with van der Waals surface area (Å²) in [6, 6.07) is 14.0. The highest BCUT2D eigenvalue weighted by atomic mass is 19.4. The van der Waals surface area contributed by atoms with E-state index < -0.39 is 6.36 Å². The van der Waals surface area contributed by atoms with Crippen molar-refractivity contribution in [3.05, 3.63) is 65.2 Å². The van der Waals surface area contributed by atoms with Gasteiger partial charge in [0.2, 0.25) is 0 Å². The fourth-order valence-electron chi connectivity index (χ4n) is 2.80. The minimum absolute atomic E-state index is 0.0289. The lowest BCUT2D eigenvalue weighted by atomic mass is 9.82. The van der Waals surface area contributed by atoms with Crippen LogP contribution in [0, 0.1) is 12.8 Å². The zero-order chi connectivity index (χ0) is 17.7. The van der Waals surface area contributed by atoms with Gasteiger partial charge in [0.1, 0.15) is 5.75 Å².